The first kappa shape index (κ1) is 13.4. The summed E-state index contributed by atoms with van der Waals surface area (Å²) in [6.45, 7) is 4.25. The van der Waals surface area contributed by atoms with E-state index in [-0.39, 0.29) is 12.5 Å². The maximum Gasteiger partial charge on any atom is 0.303 e. The summed E-state index contributed by atoms with van der Waals surface area (Å²) in [5, 5.41) is 8.49. The third-order valence-corrected chi connectivity index (χ3v) is 2.85. The van der Waals surface area contributed by atoms with Gasteiger partial charge < -0.3 is 15.6 Å². The molecule has 16 heavy (non-hydrogen) atoms. The van der Waals surface area contributed by atoms with Crippen LogP contribution in [0.3, 0.4) is 0 Å². The van der Waals surface area contributed by atoms with Crippen LogP contribution in [0.25, 0.3) is 0 Å². The molecule has 0 amide bonds. The van der Waals surface area contributed by atoms with E-state index in [0.29, 0.717) is 6.54 Å². The highest BCUT2D eigenvalue weighted by molar-refractivity contribution is 5.66. The highest BCUT2D eigenvalue weighted by Crippen LogP contribution is 2.07. The van der Waals surface area contributed by atoms with Crippen molar-refractivity contribution >= 4 is 5.97 Å². The molecule has 5 nitrogen and oxygen atoms in total. The molecule has 94 valence electrons. The highest BCUT2D eigenvalue weighted by atomic mass is 16.5. The van der Waals surface area contributed by atoms with Crippen molar-refractivity contribution in [3.05, 3.63) is 0 Å². The zero-order valence-electron chi connectivity index (χ0n) is 9.73. The lowest BCUT2D eigenvalue weighted by Gasteiger charge is -2.32. The normalized spacial score (nSPS) is 22.2. The van der Waals surface area contributed by atoms with Crippen molar-refractivity contribution in [2.45, 2.75) is 31.8 Å². The lowest BCUT2D eigenvalue weighted by molar-refractivity contribution is -0.137. The van der Waals surface area contributed by atoms with Crippen molar-refractivity contribution in [3.63, 3.8) is 0 Å². The topological polar surface area (TPSA) is 75.8 Å². The first-order valence-corrected chi connectivity index (χ1v) is 5.98. The Morgan fingerprint density at radius 3 is 2.94 bits per heavy atom. The lowest BCUT2D eigenvalue weighted by Crippen LogP contribution is -2.45. The van der Waals surface area contributed by atoms with Crippen LogP contribution < -0.4 is 5.73 Å². The van der Waals surface area contributed by atoms with Crippen LogP contribution in [0, 0.1) is 0 Å². The number of rotatable bonds is 7. The van der Waals surface area contributed by atoms with Gasteiger partial charge in [-0.1, -0.05) is 6.42 Å². The minimum Gasteiger partial charge on any atom is -0.481 e. The molecule has 1 rings (SSSR count). The number of ether oxygens (including phenoxy) is 1. The van der Waals surface area contributed by atoms with E-state index in [2.05, 4.69) is 4.90 Å². The molecule has 1 heterocycles. The molecular weight excluding hydrogens is 208 g/mol. The zero-order valence-corrected chi connectivity index (χ0v) is 9.73. The number of carbonyl (C=O) groups is 1. The Bertz CT molecular complexity index is 211. The van der Waals surface area contributed by atoms with Gasteiger partial charge in [-0.15, -0.1) is 0 Å². The summed E-state index contributed by atoms with van der Waals surface area (Å²) in [6.07, 6.45) is 3.28. The van der Waals surface area contributed by atoms with Crippen LogP contribution in [0.2, 0.25) is 0 Å². The monoisotopic (exact) mass is 230 g/mol. The van der Waals surface area contributed by atoms with Crippen molar-refractivity contribution < 1.29 is 14.6 Å². The number of unbranched alkanes of at least 4 members (excludes halogenated alkanes) is 2. The molecule has 1 aliphatic rings. The average Bonchev–Trinajstić information content (AvgIpc) is 2.28. The van der Waals surface area contributed by atoms with Crippen molar-refractivity contribution in [1.29, 1.82) is 0 Å². The molecule has 0 aromatic carbocycles. The van der Waals surface area contributed by atoms with Gasteiger partial charge in [-0.3, -0.25) is 9.69 Å². The van der Waals surface area contributed by atoms with Crippen LogP contribution in [0.15, 0.2) is 0 Å². The van der Waals surface area contributed by atoms with Gasteiger partial charge >= 0.3 is 5.97 Å². The van der Waals surface area contributed by atoms with Gasteiger partial charge in [-0.2, -0.15) is 0 Å². The zero-order chi connectivity index (χ0) is 11.8. The van der Waals surface area contributed by atoms with Crippen molar-refractivity contribution in [2.75, 3.05) is 32.8 Å². The molecule has 0 radical (unpaired) electrons. The number of nitrogens with two attached hydrogens (primary N) is 1. The van der Waals surface area contributed by atoms with Crippen molar-refractivity contribution in [2.24, 2.45) is 5.73 Å². The van der Waals surface area contributed by atoms with Crippen LogP contribution in [0.1, 0.15) is 25.7 Å². The summed E-state index contributed by atoms with van der Waals surface area (Å²) >= 11 is 0. The van der Waals surface area contributed by atoms with E-state index >= 15 is 0 Å². The van der Waals surface area contributed by atoms with E-state index in [0.717, 1.165) is 45.5 Å². The standard InChI is InChI=1S/C11H22N2O3/c12-8-10-9-13(6-7-16-10)5-3-1-2-4-11(14)15/h10H,1-9,12H2,(H,14,15)/t10-/m1/s1. The molecular formula is C11H22N2O3. The van der Waals surface area contributed by atoms with E-state index in [1.165, 1.54) is 0 Å². The van der Waals surface area contributed by atoms with Crippen LogP contribution in [0.5, 0.6) is 0 Å². The second-order valence-electron chi connectivity index (χ2n) is 4.23. The van der Waals surface area contributed by atoms with Gasteiger partial charge in [0.2, 0.25) is 0 Å². The van der Waals surface area contributed by atoms with Gasteiger partial charge in [0.1, 0.15) is 0 Å². The van der Waals surface area contributed by atoms with Gasteiger partial charge in [0.25, 0.3) is 0 Å². The summed E-state index contributed by atoms with van der Waals surface area (Å²) in [4.78, 5) is 12.7. The Hall–Kier alpha value is -0.650. The summed E-state index contributed by atoms with van der Waals surface area (Å²) in [5.41, 5.74) is 5.56. The largest absolute Gasteiger partial charge is 0.481 e. The molecule has 5 heteroatoms. The van der Waals surface area contributed by atoms with Gasteiger partial charge in [0.05, 0.1) is 12.7 Å². The van der Waals surface area contributed by atoms with Crippen molar-refractivity contribution in [3.8, 4) is 0 Å². The number of hydrogen-bond donors (Lipinski definition) is 2. The molecule has 0 saturated carbocycles. The van der Waals surface area contributed by atoms with E-state index in [9.17, 15) is 4.79 Å². The Morgan fingerprint density at radius 2 is 2.25 bits per heavy atom. The number of hydrogen-bond acceptors (Lipinski definition) is 4. The molecule has 0 bridgehead atoms. The molecule has 1 aliphatic heterocycles. The number of carboxylic acids is 1. The van der Waals surface area contributed by atoms with E-state index in [4.69, 9.17) is 15.6 Å². The quantitative estimate of drug-likeness (QED) is 0.615. The van der Waals surface area contributed by atoms with Crippen LogP contribution in [-0.2, 0) is 9.53 Å². The molecule has 0 aliphatic carbocycles. The Kier molecular flexibility index (Phi) is 6.37. The van der Waals surface area contributed by atoms with Gasteiger partial charge in [0, 0.05) is 26.1 Å². The number of morpholine rings is 1. The molecule has 0 spiro atoms. The Balaban J connectivity index is 2.01. The maximum atomic E-state index is 10.3. The molecule has 1 fully saturated rings. The third-order valence-electron chi connectivity index (χ3n) is 2.85. The summed E-state index contributed by atoms with van der Waals surface area (Å²) in [7, 11) is 0. The first-order valence-electron chi connectivity index (χ1n) is 5.98. The van der Waals surface area contributed by atoms with Crippen LogP contribution >= 0.6 is 0 Å². The predicted octanol–water partition coefficient (Wildman–Crippen LogP) is 0.291. The first-order chi connectivity index (χ1) is 7.72. The molecule has 0 aromatic heterocycles. The second kappa shape index (κ2) is 7.60. The number of aliphatic carboxylic acids is 1. The molecule has 0 unspecified atom stereocenters. The molecule has 3 N–H and O–H groups in total. The Morgan fingerprint density at radius 1 is 1.44 bits per heavy atom. The second-order valence-corrected chi connectivity index (χ2v) is 4.23. The Labute approximate surface area is 96.6 Å². The smallest absolute Gasteiger partial charge is 0.303 e. The third kappa shape index (κ3) is 5.44. The van der Waals surface area contributed by atoms with Gasteiger partial charge in [0.15, 0.2) is 0 Å². The summed E-state index contributed by atoms with van der Waals surface area (Å²) in [5.74, 6) is -0.699. The van der Waals surface area contributed by atoms with Crippen LogP contribution in [0.4, 0.5) is 0 Å². The van der Waals surface area contributed by atoms with E-state index in [1.807, 2.05) is 0 Å². The minimum absolute atomic E-state index is 0.174. The number of carboxylic acid groups (broad SMARTS) is 1. The van der Waals surface area contributed by atoms with Crippen molar-refractivity contribution in [1.82, 2.24) is 4.90 Å². The molecule has 1 atom stereocenters. The summed E-state index contributed by atoms with van der Waals surface area (Å²) < 4.78 is 5.47. The fourth-order valence-electron chi connectivity index (χ4n) is 1.91. The maximum absolute atomic E-state index is 10.3. The molecule has 0 aromatic rings. The fraction of sp³-hybridized carbons (Fsp3) is 0.909. The van der Waals surface area contributed by atoms with E-state index in [1.54, 1.807) is 0 Å². The van der Waals surface area contributed by atoms with Gasteiger partial charge in [-0.25, -0.2) is 0 Å². The lowest BCUT2D eigenvalue weighted by atomic mass is 10.1. The summed E-state index contributed by atoms with van der Waals surface area (Å²) in [6, 6.07) is 0. The highest BCUT2D eigenvalue weighted by Gasteiger charge is 2.18. The van der Waals surface area contributed by atoms with Gasteiger partial charge in [-0.05, 0) is 19.4 Å². The number of nitrogens with zero attached hydrogens (tertiary/aromatic N) is 1. The average molecular weight is 230 g/mol. The minimum atomic E-state index is -0.699. The van der Waals surface area contributed by atoms with Crippen LogP contribution in [-0.4, -0.2) is 54.9 Å². The predicted molar refractivity (Wildman–Crippen MR) is 61.3 cm³/mol. The fourth-order valence-corrected chi connectivity index (χ4v) is 1.91. The molecule has 1 saturated heterocycles. The SMILES string of the molecule is NC[C@@H]1CN(CCCCCC(=O)O)CCO1. The van der Waals surface area contributed by atoms with E-state index < -0.39 is 5.97 Å².